The van der Waals surface area contributed by atoms with Gasteiger partial charge in [0.1, 0.15) is 0 Å². The molecule has 0 aliphatic carbocycles. The largest absolute Gasteiger partial charge is 0.341 e. The number of nitrogens with one attached hydrogen (secondary N) is 1. The SMILES string of the molecule is O=C(Cc1ccc(Cl)c(Cl)c1)Nc1ccccc1S(=O)(=O)C(F)F. The van der Waals surface area contributed by atoms with Crippen LogP contribution in [0.25, 0.3) is 0 Å². The minimum absolute atomic E-state index is 0.125. The van der Waals surface area contributed by atoms with Gasteiger partial charge in [-0.3, -0.25) is 4.79 Å². The summed E-state index contributed by atoms with van der Waals surface area (Å²) in [4.78, 5) is 11.4. The Morgan fingerprint density at radius 2 is 1.75 bits per heavy atom. The Labute approximate surface area is 147 Å². The molecule has 128 valence electrons. The molecule has 24 heavy (non-hydrogen) atoms. The van der Waals surface area contributed by atoms with Crippen LogP contribution < -0.4 is 5.32 Å². The van der Waals surface area contributed by atoms with E-state index in [1.165, 1.54) is 30.3 Å². The van der Waals surface area contributed by atoms with Crippen LogP contribution in [-0.4, -0.2) is 20.1 Å². The number of carbonyl (C=O) groups is 1. The summed E-state index contributed by atoms with van der Waals surface area (Å²) < 4.78 is 48.7. The molecule has 0 aliphatic rings. The molecule has 0 aromatic heterocycles. The summed E-state index contributed by atoms with van der Waals surface area (Å²) in [5.74, 6) is -4.16. The standard InChI is InChI=1S/C15H11Cl2F2NO3S/c16-10-6-5-9(7-11(10)17)8-14(21)20-12-3-1-2-4-13(12)24(22,23)15(18)19/h1-7,15H,8H2,(H,20,21). The average molecular weight is 394 g/mol. The third-order valence-electron chi connectivity index (χ3n) is 3.05. The number of benzene rings is 2. The maximum atomic E-state index is 12.7. The van der Waals surface area contributed by atoms with E-state index >= 15 is 0 Å². The summed E-state index contributed by atoms with van der Waals surface area (Å²) in [6, 6.07) is 9.56. The van der Waals surface area contributed by atoms with Crippen molar-refractivity contribution in [3.63, 3.8) is 0 Å². The zero-order valence-electron chi connectivity index (χ0n) is 12.0. The average Bonchev–Trinajstić information content (AvgIpc) is 2.51. The van der Waals surface area contributed by atoms with Crippen molar-refractivity contribution in [3.8, 4) is 0 Å². The highest BCUT2D eigenvalue weighted by molar-refractivity contribution is 7.91. The first-order valence-corrected chi connectivity index (χ1v) is 8.87. The number of amides is 1. The topological polar surface area (TPSA) is 63.2 Å². The van der Waals surface area contributed by atoms with Crippen LogP contribution >= 0.6 is 23.2 Å². The van der Waals surface area contributed by atoms with Crippen LogP contribution in [0, 0.1) is 0 Å². The van der Waals surface area contributed by atoms with Gasteiger partial charge in [0.25, 0.3) is 0 Å². The van der Waals surface area contributed by atoms with Crippen LogP contribution in [-0.2, 0) is 21.1 Å². The molecule has 2 rings (SSSR count). The molecule has 0 saturated heterocycles. The number of anilines is 1. The normalized spacial score (nSPS) is 11.5. The van der Waals surface area contributed by atoms with E-state index in [2.05, 4.69) is 5.32 Å². The van der Waals surface area contributed by atoms with Gasteiger partial charge in [-0.15, -0.1) is 0 Å². The lowest BCUT2D eigenvalue weighted by atomic mass is 10.1. The van der Waals surface area contributed by atoms with Crippen LogP contribution in [0.4, 0.5) is 14.5 Å². The molecule has 2 aromatic rings. The first-order chi connectivity index (χ1) is 11.2. The Balaban J connectivity index is 2.22. The number of alkyl halides is 2. The van der Waals surface area contributed by atoms with Gasteiger partial charge in [0.15, 0.2) is 0 Å². The summed E-state index contributed by atoms with van der Waals surface area (Å²) in [6.07, 6.45) is -0.125. The molecule has 0 bridgehead atoms. The van der Waals surface area contributed by atoms with E-state index in [0.29, 0.717) is 10.6 Å². The van der Waals surface area contributed by atoms with Crippen LogP contribution in [0.15, 0.2) is 47.4 Å². The molecular formula is C15H11Cl2F2NO3S. The van der Waals surface area contributed by atoms with Crippen molar-refractivity contribution in [2.45, 2.75) is 17.1 Å². The second kappa shape index (κ2) is 7.46. The molecule has 1 N–H and O–H groups in total. The number of halogens is 4. The number of carbonyl (C=O) groups excluding carboxylic acids is 1. The monoisotopic (exact) mass is 393 g/mol. The maximum absolute atomic E-state index is 12.7. The molecule has 0 heterocycles. The molecule has 9 heteroatoms. The molecule has 1 amide bonds. The highest BCUT2D eigenvalue weighted by Crippen LogP contribution is 2.27. The smallest absolute Gasteiger partial charge is 0.325 e. The van der Waals surface area contributed by atoms with Crippen molar-refractivity contribution in [1.29, 1.82) is 0 Å². The maximum Gasteiger partial charge on any atom is 0.341 e. The van der Waals surface area contributed by atoms with E-state index in [4.69, 9.17) is 23.2 Å². The first-order valence-electron chi connectivity index (χ1n) is 6.56. The molecule has 0 spiro atoms. The molecular weight excluding hydrogens is 383 g/mol. The summed E-state index contributed by atoms with van der Waals surface area (Å²) >= 11 is 11.6. The van der Waals surface area contributed by atoms with Crippen molar-refractivity contribution < 1.29 is 22.0 Å². The van der Waals surface area contributed by atoms with Crippen LogP contribution in [0.5, 0.6) is 0 Å². The van der Waals surface area contributed by atoms with E-state index in [9.17, 15) is 22.0 Å². The number of rotatable bonds is 5. The van der Waals surface area contributed by atoms with Crippen molar-refractivity contribution in [3.05, 3.63) is 58.1 Å². The van der Waals surface area contributed by atoms with Gasteiger partial charge < -0.3 is 5.32 Å². The Hall–Kier alpha value is -1.70. The third-order valence-corrected chi connectivity index (χ3v) is 5.23. The summed E-state index contributed by atoms with van der Waals surface area (Å²) in [5.41, 5.74) is 0.332. The van der Waals surface area contributed by atoms with E-state index in [-0.39, 0.29) is 17.1 Å². The lowest BCUT2D eigenvalue weighted by Crippen LogP contribution is -2.19. The summed E-state index contributed by atoms with van der Waals surface area (Å²) in [7, 11) is -4.82. The Morgan fingerprint density at radius 3 is 2.38 bits per heavy atom. The van der Waals surface area contributed by atoms with Gasteiger partial charge >= 0.3 is 5.76 Å². The fourth-order valence-electron chi connectivity index (χ4n) is 1.94. The number of sulfone groups is 1. The number of hydrogen-bond donors (Lipinski definition) is 1. The van der Waals surface area contributed by atoms with Crippen molar-refractivity contribution >= 4 is 44.6 Å². The Bertz CT molecular complexity index is 873. The molecule has 0 saturated carbocycles. The van der Waals surface area contributed by atoms with E-state index in [1.54, 1.807) is 6.07 Å². The highest BCUT2D eigenvalue weighted by Gasteiger charge is 2.29. The van der Waals surface area contributed by atoms with Crippen molar-refractivity contribution in [1.82, 2.24) is 0 Å². The fourth-order valence-corrected chi connectivity index (χ4v) is 3.15. The van der Waals surface area contributed by atoms with Gasteiger partial charge in [0.2, 0.25) is 15.7 Å². The van der Waals surface area contributed by atoms with Crippen LogP contribution in [0.3, 0.4) is 0 Å². The van der Waals surface area contributed by atoms with E-state index < -0.39 is 26.4 Å². The first kappa shape index (κ1) is 18.6. The lowest BCUT2D eigenvalue weighted by molar-refractivity contribution is -0.115. The summed E-state index contributed by atoms with van der Waals surface area (Å²) in [6.45, 7) is 0. The summed E-state index contributed by atoms with van der Waals surface area (Å²) in [5, 5.41) is 2.92. The second-order valence-corrected chi connectivity index (χ2v) is 7.48. The van der Waals surface area contributed by atoms with Gasteiger partial charge in [0, 0.05) is 0 Å². The van der Waals surface area contributed by atoms with Crippen LogP contribution in [0.1, 0.15) is 5.56 Å². The van der Waals surface area contributed by atoms with Gasteiger partial charge in [0.05, 0.1) is 27.0 Å². The molecule has 0 radical (unpaired) electrons. The fraction of sp³-hybridized carbons (Fsp3) is 0.133. The molecule has 0 fully saturated rings. The lowest BCUT2D eigenvalue weighted by Gasteiger charge is -2.11. The van der Waals surface area contributed by atoms with Crippen molar-refractivity contribution in [2.75, 3.05) is 5.32 Å². The zero-order valence-corrected chi connectivity index (χ0v) is 14.3. The molecule has 0 aliphatic heterocycles. The number of hydrogen-bond acceptors (Lipinski definition) is 3. The minimum Gasteiger partial charge on any atom is -0.325 e. The Kier molecular flexibility index (Phi) is 5.79. The highest BCUT2D eigenvalue weighted by atomic mass is 35.5. The van der Waals surface area contributed by atoms with Gasteiger partial charge in [-0.1, -0.05) is 41.4 Å². The van der Waals surface area contributed by atoms with Crippen molar-refractivity contribution in [2.24, 2.45) is 0 Å². The Morgan fingerprint density at radius 1 is 1.08 bits per heavy atom. The predicted molar refractivity (Wildman–Crippen MR) is 88.4 cm³/mol. The number of para-hydroxylation sites is 1. The van der Waals surface area contributed by atoms with Gasteiger partial charge in [-0.25, -0.2) is 8.42 Å². The van der Waals surface area contributed by atoms with Crippen LogP contribution in [0.2, 0.25) is 10.0 Å². The molecule has 0 atom stereocenters. The van der Waals surface area contributed by atoms with E-state index in [0.717, 1.165) is 6.07 Å². The molecule has 4 nitrogen and oxygen atoms in total. The molecule has 2 aromatic carbocycles. The zero-order chi connectivity index (χ0) is 17.9. The second-order valence-electron chi connectivity index (χ2n) is 4.78. The van der Waals surface area contributed by atoms with Gasteiger partial charge in [-0.2, -0.15) is 8.78 Å². The predicted octanol–water partition coefficient (Wildman–Crippen LogP) is 4.17. The molecule has 0 unspecified atom stereocenters. The van der Waals surface area contributed by atoms with Gasteiger partial charge in [-0.05, 0) is 29.8 Å². The minimum atomic E-state index is -4.82. The quantitative estimate of drug-likeness (QED) is 0.828. The third kappa shape index (κ3) is 4.23. The van der Waals surface area contributed by atoms with E-state index in [1.807, 2.05) is 0 Å².